The number of carbonyl (C=O) groups is 6. The molecular formula is C60H111NO12. The molecule has 0 radical (unpaired) electrons. The molecule has 0 aromatic carbocycles. The Morgan fingerprint density at radius 1 is 0.329 bits per heavy atom. The Labute approximate surface area is 445 Å². The van der Waals surface area contributed by atoms with Gasteiger partial charge in [0.2, 0.25) is 12.2 Å². The number of esters is 5. The Morgan fingerprint density at radius 3 is 0.904 bits per heavy atom. The zero-order valence-electron chi connectivity index (χ0n) is 47.6. The highest BCUT2D eigenvalue weighted by Gasteiger charge is 2.50. The Hall–Kier alpha value is -3.06. The third-order valence-corrected chi connectivity index (χ3v) is 13.6. The van der Waals surface area contributed by atoms with Crippen LogP contribution in [0, 0.1) is 0 Å². The molecule has 0 heterocycles. The summed E-state index contributed by atoms with van der Waals surface area (Å²) in [5, 5.41) is 0. The molecule has 428 valence electrons. The molecule has 0 aromatic rings. The summed E-state index contributed by atoms with van der Waals surface area (Å²) < 4.78 is 35.0. The largest absolute Gasteiger partial charge is 0.460 e. The molecule has 13 nitrogen and oxygen atoms in total. The lowest BCUT2D eigenvalue weighted by molar-refractivity contribution is -0.207. The summed E-state index contributed by atoms with van der Waals surface area (Å²) in [5.74, 6) is -4.62. The van der Waals surface area contributed by atoms with Crippen molar-refractivity contribution in [3.63, 3.8) is 0 Å². The molecule has 4 unspecified atom stereocenters. The summed E-state index contributed by atoms with van der Waals surface area (Å²) in [6, 6.07) is 0. The second kappa shape index (κ2) is 52.4. The molecule has 0 aliphatic rings. The van der Waals surface area contributed by atoms with Crippen LogP contribution in [0.5, 0.6) is 0 Å². The van der Waals surface area contributed by atoms with Gasteiger partial charge in [-0.2, -0.15) is 0 Å². The molecule has 0 aliphatic heterocycles. The molecule has 4 atom stereocenters. The summed E-state index contributed by atoms with van der Waals surface area (Å²) in [6.45, 7) is 8.70. The molecule has 0 aromatic heterocycles. The van der Waals surface area contributed by atoms with Crippen LogP contribution in [0.25, 0.3) is 0 Å². The van der Waals surface area contributed by atoms with Crippen molar-refractivity contribution in [3.8, 4) is 0 Å². The molecule has 73 heavy (non-hydrogen) atoms. The van der Waals surface area contributed by atoms with Crippen LogP contribution in [-0.4, -0.2) is 86.9 Å². The molecule has 0 fully saturated rings. The average molecular weight is 1040 g/mol. The van der Waals surface area contributed by atoms with Gasteiger partial charge in [-0.3, -0.25) is 24.0 Å². The molecule has 0 rings (SSSR count). The zero-order valence-corrected chi connectivity index (χ0v) is 47.6. The number of methoxy groups -OCH3 is 1. The molecule has 0 amide bonds. The normalized spacial score (nSPS) is 13.0. The van der Waals surface area contributed by atoms with Gasteiger partial charge in [0.15, 0.2) is 18.0 Å². The van der Waals surface area contributed by atoms with Crippen molar-refractivity contribution in [1.29, 1.82) is 0 Å². The SMILES string of the molecule is CCCCCCCCCCCC(=O)OC(C(=O)CCCN)C(OC(=O)CCCCCCCCCCC)C(OC(=O)CCCCCCCCCCC)C(OC(=O)CCCCCCCCCCC)C(=O)OCCOC. The third kappa shape index (κ3) is 41.8. The number of ether oxygens (including phenoxy) is 6. The predicted molar refractivity (Wildman–Crippen MR) is 293 cm³/mol. The second-order valence-electron chi connectivity index (χ2n) is 20.6. The van der Waals surface area contributed by atoms with Crippen LogP contribution in [-0.2, 0) is 57.2 Å². The van der Waals surface area contributed by atoms with E-state index in [-0.39, 0.29) is 58.3 Å². The first kappa shape index (κ1) is 69.9. The van der Waals surface area contributed by atoms with E-state index in [1.165, 1.54) is 110 Å². The maximum atomic E-state index is 14.4. The first-order chi connectivity index (χ1) is 35.6. The van der Waals surface area contributed by atoms with Gasteiger partial charge in [0.25, 0.3) is 0 Å². The average Bonchev–Trinajstić information content (AvgIpc) is 3.38. The van der Waals surface area contributed by atoms with Crippen molar-refractivity contribution in [3.05, 3.63) is 0 Å². The fourth-order valence-corrected chi connectivity index (χ4v) is 9.04. The minimum Gasteiger partial charge on any atom is -0.460 e. The van der Waals surface area contributed by atoms with Gasteiger partial charge in [-0.1, -0.05) is 233 Å². The van der Waals surface area contributed by atoms with Crippen LogP contribution in [0.2, 0.25) is 0 Å². The molecule has 0 saturated heterocycles. The fraction of sp³-hybridized carbons (Fsp3) is 0.900. The van der Waals surface area contributed by atoms with Crippen molar-refractivity contribution in [2.45, 2.75) is 322 Å². The van der Waals surface area contributed by atoms with Gasteiger partial charge in [-0.25, -0.2) is 4.79 Å². The highest BCUT2D eigenvalue weighted by molar-refractivity contribution is 5.87. The zero-order chi connectivity index (χ0) is 53.8. The van der Waals surface area contributed by atoms with Crippen molar-refractivity contribution in [2.24, 2.45) is 5.73 Å². The van der Waals surface area contributed by atoms with E-state index in [1.54, 1.807) is 0 Å². The molecule has 0 spiro atoms. The topological polar surface area (TPSA) is 184 Å². The Morgan fingerprint density at radius 2 is 0.603 bits per heavy atom. The maximum absolute atomic E-state index is 14.4. The van der Waals surface area contributed by atoms with Crippen molar-refractivity contribution in [2.75, 3.05) is 26.9 Å². The highest BCUT2D eigenvalue weighted by atomic mass is 16.6. The van der Waals surface area contributed by atoms with E-state index in [0.29, 0.717) is 25.7 Å². The van der Waals surface area contributed by atoms with Gasteiger partial charge >= 0.3 is 29.8 Å². The van der Waals surface area contributed by atoms with Crippen molar-refractivity contribution >= 4 is 35.6 Å². The number of unbranched alkanes of at least 4 members (excludes halogenated alkanes) is 32. The first-order valence-corrected chi connectivity index (χ1v) is 30.3. The summed E-state index contributed by atoms with van der Waals surface area (Å²) in [4.78, 5) is 84.3. The summed E-state index contributed by atoms with van der Waals surface area (Å²) in [6.07, 6.45) is 29.1. The lowest BCUT2D eigenvalue weighted by Gasteiger charge is -2.35. The molecule has 0 aliphatic carbocycles. The number of Topliss-reactive ketones (excluding diaryl/α,β-unsaturated/α-hetero) is 1. The predicted octanol–water partition coefficient (Wildman–Crippen LogP) is 14.8. The lowest BCUT2D eigenvalue weighted by Crippen LogP contribution is -2.56. The van der Waals surface area contributed by atoms with E-state index >= 15 is 0 Å². The first-order valence-electron chi connectivity index (χ1n) is 30.3. The van der Waals surface area contributed by atoms with Crippen LogP contribution in [0.4, 0.5) is 0 Å². The molecular weight excluding hydrogens is 927 g/mol. The lowest BCUT2D eigenvalue weighted by atomic mass is 9.96. The number of hydrogen-bond acceptors (Lipinski definition) is 13. The maximum Gasteiger partial charge on any atom is 0.351 e. The molecule has 13 heteroatoms. The monoisotopic (exact) mass is 1040 g/mol. The van der Waals surface area contributed by atoms with Crippen LogP contribution in [0.15, 0.2) is 0 Å². The second-order valence-corrected chi connectivity index (χ2v) is 20.6. The number of rotatable bonds is 55. The Bertz CT molecular complexity index is 1340. The van der Waals surface area contributed by atoms with E-state index in [1.807, 2.05) is 0 Å². The van der Waals surface area contributed by atoms with Crippen LogP contribution >= 0.6 is 0 Å². The standard InChI is InChI=1S/C60H111NO12/c1-6-10-14-18-22-26-30-34-38-44-52(63)70-56(51(62)43-42-48-61)57(71-53(64)45-39-35-31-27-23-19-15-11-7-2)58(72-54(65)46-40-36-32-28-24-20-16-12-8-3)59(60(67)69-50-49-68-5)73-55(66)47-41-37-33-29-25-21-17-13-9-4/h56-59H,6-50,61H2,1-5H3. The summed E-state index contributed by atoms with van der Waals surface area (Å²) in [5.41, 5.74) is 5.87. The number of carbonyl (C=O) groups excluding carboxylic acids is 6. The molecule has 0 saturated carbocycles. The van der Waals surface area contributed by atoms with Crippen LogP contribution in [0.1, 0.15) is 297 Å². The minimum atomic E-state index is -1.97. The smallest absolute Gasteiger partial charge is 0.351 e. The molecule has 0 bridgehead atoms. The number of nitrogens with two attached hydrogens (primary N) is 1. The van der Waals surface area contributed by atoms with Crippen LogP contribution in [0.3, 0.4) is 0 Å². The third-order valence-electron chi connectivity index (χ3n) is 13.6. The highest BCUT2D eigenvalue weighted by Crippen LogP contribution is 2.26. The van der Waals surface area contributed by atoms with E-state index in [2.05, 4.69) is 27.7 Å². The van der Waals surface area contributed by atoms with Gasteiger partial charge in [-0.05, 0) is 38.6 Å². The van der Waals surface area contributed by atoms with Crippen LogP contribution < -0.4 is 5.73 Å². The van der Waals surface area contributed by atoms with Gasteiger partial charge in [-0.15, -0.1) is 0 Å². The van der Waals surface area contributed by atoms with E-state index in [4.69, 9.17) is 34.2 Å². The van der Waals surface area contributed by atoms with E-state index < -0.39 is 60.0 Å². The number of ketones is 1. The van der Waals surface area contributed by atoms with E-state index in [0.717, 1.165) is 103 Å². The fourth-order valence-electron chi connectivity index (χ4n) is 9.04. The van der Waals surface area contributed by atoms with Gasteiger partial charge in [0.1, 0.15) is 6.61 Å². The molecule has 2 N–H and O–H groups in total. The van der Waals surface area contributed by atoms with Gasteiger partial charge < -0.3 is 34.2 Å². The summed E-state index contributed by atoms with van der Waals surface area (Å²) in [7, 11) is 1.44. The Balaban J connectivity index is 6.97. The minimum absolute atomic E-state index is 0.00507. The number of hydrogen-bond donors (Lipinski definition) is 1. The quantitative estimate of drug-likeness (QED) is 0.0345. The van der Waals surface area contributed by atoms with E-state index in [9.17, 15) is 28.8 Å². The summed E-state index contributed by atoms with van der Waals surface area (Å²) >= 11 is 0. The Kier molecular flexibility index (Phi) is 50.2. The van der Waals surface area contributed by atoms with Crippen molar-refractivity contribution < 1.29 is 57.2 Å². The van der Waals surface area contributed by atoms with Crippen molar-refractivity contribution in [1.82, 2.24) is 0 Å². The van der Waals surface area contributed by atoms with Gasteiger partial charge in [0, 0.05) is 39.2 Å². The van der Waals surface area contributed by atoms with Gasteiger partial charge in [0.05, 0.1) is 6.61 Å².